The predicted molar refractivity (Wildman–Crippen MR) is 96.2 cm³/mol. The summed E-state index contributed by atoms with van der Waals surface area (Å²) >= 11 is 5.95. The monoisotopic (exact) mass is 379 g/mol. The third-order valence-electron chi connectivity index (χ3n) is 3.51. The zero-order valence-corrected chi connectivity index (χ0v) is 15.1. The average Bonchev–Trinajstić information content (AvgIpc) is 2.61. The highest BCUT2D eigenvalue weighted by Gasteiger charge is 2.15. The van der Waals surface area contributed by atoms with E-state index in [0.29, 0.717) is 23.8 Å². The molecule has 26 heavy (non-hydrogen) atoms. The summed E-state index contributed by atoms with van der Waals surface area (Å²) in [5, 5.41) is 11.5. The molecule has 2 aromatic rings. The molecular weight excluding hydrogens is 362 g/mol. The van der Waals surface area contributed by atoms with Gasteiger partial charge in [0.15, 0.2) is 11.5 Å². The Kier molecular flexibility index (Phi) is 6.80. The van der Waals surface area contributed by atoms with Crippen LogP contribution in [0.2, 0.25) is 5.02 Å². The number of ether oxygens (including phenoxy) is 3. The lowest BCUT2D eigenvalue weighted by Gasteiger charge is -2.10. The van der Waals surface area contributed by atoms with Crippen LogP contribution < -0.4 is 14.2 Å². The third-order valence-corrected chi connectivity index (χ3v) is 3.93. The number of halogens is 1. The van der Waals surface area contributed by atoms with E-state index in [4.69, 9.17) is 25.8 Å². The van der Waals surface area contributed by atoms with Gasteiger partial charge in [0.2, 0.25) is 0 Å². The minimum atomic E-state index is -0.571. The number of nitro groups is 1. The molecule has 0 aliphatic heterocycles. The van der Waals surface area contributed by atoms with Crippen LogP contribution in [0.3, 0.4) is 0 Å². The number of hydrogen-bond acceptors (Lipinski definition) is 6. The molecule has 0 saturated carbocycles. The maximum atomic E-state index is 12.0. The van der Waals surface area contributed by atoms with Crippen molar-refractivity contribution in [3.05, 3.63) is 57.1 Å². The van der Waals surface area contributed by atoms with Gasteiger partial charge in [-0.3, -0.25) is 14.9 Å². The molecule has 0 unspecified atom stereocenters. The van der Waals surface area contributed by atoms with Crippen molar-refractivity contribution in [2.75, 3.05) is 13.7 Å². The van der Waals surface area contributed by atoms with Crippen LogP contribution in [-0.4, -0.2) is 24.6 Å². The summed E-state index contributed by atoms with van der Waals surface area (Å²) in [6.45, 7) is 2.20. The highest BCUT2D eigenvalue weighted by molar-refractivity contribution is 6.31. The average molecular weight is 380 g/mol. The molecule has 0 atom stereocenters. The van der Waals surface area contributed by atoms with Crippen LogP contribution in [0, 0.1) is 17.0 Å². The van der Waals surface area contributed by atoms with Crippen molar-refractivity contribution in [2.45, 2.75) is 19.8 Å². The number of methoxy groups -OCH3 is 1. The molecule has 0 amide bonds. The Balaban J connectivity index is 1.86. The predicted octanol–water partition coefficient (Wildman–Crippen LogP) is 4.33. The first-order valence-electron chi connectivity index (χ1n) is 7.82. The normalized spacial score (nSPS) is 10.3. The Hall–Kier alpha value is -2.80. The van der Waals surface area contributed by atoms with E-state index in [1.54, 1.807) is 12.1 Å². The fourth-order valence-corrected chi connectivity index (χ4v) is 2.26. The molecule has 2 rings (SSSR count). The van der Waals surface area contributed by atoms with E-state index in [1.807, 2.05) is 13.0 Å². The molecule has 2 aromatic carbocycles. The smallest absolute Gasteiger partial charge is 0.311 e. The topological polar surface area (TPSA) is 87.9 Å². The molecule has 0 spiro atoms. The Morgan fingerprint density at radius 1 is 1.19 bits per heavy atom. The second kappa shape index (κ2) is 9.05. The first-order valence-corrected chi connectivity index (χ1v) is 8.20. The molecule has 0 bridgehead atoms. The molecule has 0 aromatic heterocycles. The van der Waals surface area contributed by atoms with Crippen molar-refractivity contribution in [1.82, 2.24) is 0 Å². The number of aryl methyl sites for hydroxylation is 1. The number of carbonyl (C=O) groups excluding carboxylic acids is 1. The van der Waals surface area contributed by atoms with Crippen LogP contribution in [0.1, 0.15) is 18.4 Å². The van der Waals surface area contributed by atoms with Gasteiger partial charge in [-0.1, -0.05) is 11.6 Å². The van der Waals surface area contributed by atoms with E-state index in [9.17, 15) is 14.9 Å². The van der Waals surface area contributed by atoms with Crippen molar-refractivity contribution in [2.24, 2.45) is 0 Å². The Bertz CT molecular complexity index is 808. The van der Waals surface area contributed by atoms with E-state index < -0.39 is 10.9 Å². The van der Waals surface area contributed by atoms with Crippen LogP contribution in [0.5, 0.6) is 17.2 Å². The van der Waals surface area contributed by atoms with Crippen LogP contribution in [-0.2, 0) is 4.79 Å². The largest absolute Gasteiger partial charge is 0.494 e. The summed E-state index contributed by atoms with van der Waals surface area (Å²) < 4.78 is 15.8. The number of hydrogen-bond donors (Lipinski definition) is 0. The molecule has 8 heteroatoms. The van der Waals surface area contributed by atoms with Gasteiger partial charge >= 0.3 is 5.97 Å². The highest BCUT2D eigenvalue weighted by Crippen LogP contribution is 2.31. The van der Waals surface area contributed by atoms with Crippen molar-refractivity contribution in [3.63, 3.8) is 0 Å². The van der Waals surface area contributed by atoms with E-state index in [0.717, 1.165) is 11.6 Å². The molecule has 0 heterocycles. The standard InChI is InChI=1S/C18H18ClNO6/c1-12-10-14(6-7-15(12)19)25-9-3-4-18(21)26-17-11-13(20(22)23)5-8-16(17)24-2/h5-8,10-11H,3-4,9H2,1-2H3. The Labute approximate surface area is 155 Å². The first kappa shape index (κ1) is 19.5. The van der Waals surface area contributed by atoms with E-state index in [1.165, 1.54) is 19.2 Å². The SMILES string of the molecule is COc1ccc([N+](=O)[O-])cc1OC(=O)CCCOc1ccc(Cl)c(C)c1. The van der Waals surface area contributed by atoms with Crippen molar-refractivity contribution >= 4 is 23.3 Å². The second-order valence-corrected chi connectivity index (χ2v) is 5.84. The Morgan fingerprint density at radius 2 is 1.96 bits per heavy atom. The van der Waals surface area contributed by atoms with E-state index in [-0.39, 0.29) is 23.6 Å². The minimum Gasteiger partial charge on any atom is -0.494 e. The van der Waals surface area contributed by atoms with Gasteiger partial charge in [0, 0.05) is 17.5 Å². The molecule has 138 valence electrons. The second-order valence-electron chi connectivity index (χ2n) is 5.43. The van der Waals surface area contributed by atoms with Gasteiger partial charge in [0.1, 0.15) is 5.75 Å². The molecule has 0 fully saturated rings. The number of rotatable bonds is 8. The lowest BCUT2D eigenvalue weighted by molar-refractivity contribution is -0.384. The van der Waals surface area contributed by atoms with Crippen molar-refractivity contribution in [1.29, 1.82) is 0 Å². The van der Waals surface area contributed by atoms with Crippen LogP contribution >= 0.6 is 11.6 Å². The zero-order valence-electron chi connectivity index (χ0n) is 14.4. The third kappa shape index (κ3) is 5.35. The van der Waals surface area contributed by atoms with Gasteiger partial charge in [0.05, 0.1) is 24.7 Å². The van der Waals surface area contributed by atoms with Gasteiger partial charge in [-0.15, -0.1) is 0 Å². The van der Waals surface area contributed by atoms with Crippen LogP contribution in [0.15, 0.2) is 36.4 Å². The lowest BCUT2D eigenvalue weighted by Crippen LogP contribution is -2.11. The van der Waals surface area contributed by atoms with Crippen molar-refractivity contribution in [3.8, 4) is 17.2 Å². The highest BCUT2D eigenvalue weighted by atomic mass is 35.5. The Morgan fingerprint density at radius 3 is 2.62 bits per heavy atom. The van der Waals surface area contributed by atoms with Gasteiger partial charge in [-0.05, 0) is 43.2 Å². The van der Waals surface area contributed by atoms with Gasteiger partial charge in [-0.25, -0.2) is 0 Å². The molecular formula is C18H18ClNO6. The molecule has 7 nitrogen and oxygen atoms in total. The number of nitrogens with zero attached hydrogens (tertiary/aromatic N) is 1. The fourth-order valence-electron chi connectivity index (χ4n) is 2.15. The van der Waals surface area contributed by atoms with Crippen LogP contribution in [0.25, 0.3) is 0 Å². The molecule has 0 saturated heterocycles. The summed E-state index contributed by atoms with van der Waals surface area (Å²) in [5.74, 6) is 0.401. The molecule has 0 aliphatic carbocycles. The maximum Gasteiger partial charge on any atom is 0.311 e. The minimum absolute atomic E-state index is 0.0148. The fraction of sp³-hybridized carbons (Fsp3) is 0.278. The van der Waals surface area contributed by atoms with Crippen molar-refractivity contribution < 1.29 is 23.9 Å². The summed E-state index contributed by atoms with van der Waals surface area (Å²) in [6, 6.07) is 9.12. The lowest BCUT2D eigenvalue weighted by atomic mass is 10.2. The summed E-state index contributed by atoms with van der Waals surface area (Å²) in [7, 11) is 1.39. The summed E-state index contributed by atoms with van der Waals surface area (Å²) in [5.41, 5.74) is 0.719. The number of benzene rings is 2. The zero-order chi connectivity index (χ0) is 19.1. The number of carbonyl (C=O) groups is 1. The molecule has 0 radical (unpaired) electrons. The quantitative estimate of drug-likeness (QED) is 0.223. The summed E-state index contributed by atoms with van der Waals surface area (Å²) in [6.07, 6.45) is 0.524. The van der Waals surface area contributed by atoms with Gasteiger partial charge in [-0.2, -0.15) is 0 Å². The van der Waals surface area contributed by atoms with Gasteiger partial charge < -0.3 is 14.2 Å². The number of non-ortho nitro benzene ring substituents is 1. The maximum absolute atomic E-state index is 12.0. The molecule has 0 aliphatic rings. The van der Waals surface area contributed by atoms with Gasteiger partial charge in [0.25, 0.3) is 5.69 Å². The number of esters is 1. The van der Waals surface area contributed by atoms with E-state index in [2.05, 4.69) is 0 Å². The van der Waals surface area contributed by atoms with E-state index >= 15 is 0 Å². The first-order chi connectivity index (χ1) is 12.4. The van der Waals surface area contributed by atoms with Crippen LogP contribution in [0.4, 0.5) is 5.69 Å². The summed E-state index contributed by atoms with van der Waals surface area (Å²) in [4.78, 5) is 22.2. The molecule has 0 N–H and O–H groups in total. The number of nitro benzene ring substituents is 1.